The summed E-state index contributed by atoms with van der Waals surface area (Å²) in [5, 5.41) is 2.83. The molecule has 2 aliphatic rings. The number of ether oxygens (including phenoxy) is 2. The predicted molar refractivity (Wildman–Crippen MR) is 88.1 cm³/mol. The lowest BCUT2D eigenvalue weighted by Gasteiger charge is -2.28. The molecule has 6 nitrogen and oxygen atoms in total. The number of amides is 2. The van der Waals surface area contributed by atoms with E-state index in [9.17, 15) is 13.6 Å². The van der Waals surface area contributed by atoms with Crippen LogP contribution in [0.1, 0.15) is 5.56 Å². The van der Waals surface area contributed by atoms with Crippen molar-refractivity contribution in [2.45, 2.75) is 18.6 Å². The summed E-state index contributed by atoms with van der Waals surface area (Å²) < 4.78 is 38.8. The Morgan fingerprint density at radius 1 is 1.08 bits per heavy atom. The van der Waals surface area contributed by atoms with E-state index in [2.05, 4.69) is 10.3 Å². The highest BCUT2D eigenvalue weighted by Crippen LogP contribution is 2.40. The first kappa shape index (κ1) is 16.6. The number of halogens is 2. The van der Waals surface area contributed by atoms with Gasteiger partial charge in [0.25, 0.3) is 0 Å². The van der Waals surface area contributed by atoms with Crippen LogP contribution in [0.5, 0.6) is 11.5 Å². The van der Waals surface area contributed by atoms with Crippen molar-refractivity contribution in [2.24, 2.45) is 0 Å². The zero-order valence-corrected chi connectivity index (χ0v) is 13.8. The molecule has 1 saturated heterocycles. The van der Waals surface area contributed by atoms with Crippen molar-refractivity contribution < 1.29 is 23.0 Å². The number of pyridine rings is 1. The van der Waals surface area contributed by atoms with Crippen LogP contribution < -0.4 is 14.8 Å². The number of carbonyl (C=O) groups excluding carboxylic acids is 1. The molecule has 2 aliphatic heterocycles. The lowest BCUT2D eigenvalue weighted by Crippen LogP contribution is -2.40. The SMILES string of the molecule is O=C(NCCc1ccncc1)N1C[C@@H]2Oc3c(F)ccc(F)c3O[C@@H]2C1. The molecule has 26 heavy (non-hydrogen) atoms. The maximum absolute atomic E-state index is 13.8. The zero-order chi connectivity index (χ0) is 18.1. The van der Waals surface area contributed by atoms with Gasteiger partial charge in [-0.3, -0.25) is 4.98 Å². The smallest absolute Gasteiger partial charge is 0.317 e. The average Bonchev–Trinajstić information content (AvgIpc) is 3.08. The molecule has 1 aromatic heterocycles. The molecule has 2 amide bonds. The van der Waals surface area contributed by atoms with Crippen LogP contribution in [0.2, 0.25) is 0 Å². The van der Waals surface area contributed by atoms with Crippen LogP contribution >= 0.6 is 0 Å². The molecule has 0 saturated carbocycles. The number of benzene rings is 1. The minimum Gasteiger partial charge on any atom is -0.478 e. The van der Waals surface area contributed by atoms with Crippen molar-refractivity contribution in [3.63, 3.8) is 0 Å². The normalized spacial score (nSPS) is 20.6. The van der Waals surface area contributed by atoms with Gasteiger partial charge in [0.05, 0.1) is 13.1 Å². The fraction of sp³-hybridized carbons (Fsp3) is 0.333. The molecule has 8 heteroatoms. The van der Waals surface area contributed by atoms with Crippen LogP contribution in [0.4, 0.5) is 13.6 Å². The van der Waals surface area contributed by atoms with Gasteiger partial charge in [-0.2, -0.15) is 0 Å². The number of carbonyl (C=O) groups is 1. The minimum absolute atomic E-state index is 0.230. The van der Waals surface area contributed by atoms with Crippen LogP contribution in [0.25, 0.3) is 0 Å². The van der Waals surface area contributed by atoms with Gasteiger partial charge in [-0.15, -0.1) is 0 Å². The molecule has 1 N–H and O–H groups in total. The van der Waals surface area contributed by atoms with E-state index in [0.29, 0.717) is 13.0 Å². The van der Waals surface area contributed by atoms with Crippen molar-refractivity contribution >= 4 is 6.03 Å². The molecule has 4 rings (SSSR count). The van der Waals surface area contributed by atoms with Gasteiger partial charge >= 0.3 is 6.03 Å². The van der Waals surface area contributed by atoms with Crippen LogP contribution in [0.15, 0.2) is 36.7 Å². The molecular weight excluding hydrogens is 344 g/mol. The standard InChI is InChI=1S/C18H17F2N3O3/c19-12-1-2-13(20)17-16(12)25-14-9-23(10-15(14)26-17)18(24)22-8-5-11-3-6-21-7-4-11/h1-4,6-7,14-15H,5,8-10H2,(H,22,24)/t14-,15+. The molecule has 0 spiro atoms. The molecule has 2 aromatic rings. The first-order valence-electron chi connectivity index (χ1n) is 8.35. The summed E-state index contributed by atoms with van der Waals surface area (Å²) in [6.45, 7) is 0.974. The Balaban J connectivity index is 1.35. The Hall–Kier alpha value is -2.90. The van der Waals surface area contributed by atoms with E-state index >= 15 is 0 Å². The summed E-state index contributed by atoms with van der Waals surface area (Å²) in [6.07, 6.45) is 3.04. The second-order valence-corrected chi connectivity index (χ2v) is 6.24. The summed E-state index contributed by atoms with van der Waals surface area (Å²) >= 11 is 0. The number of urea groups is 1. The molecule has 0 unspecified atom stereocenters. The monoisotopic (exact) mass is 361 g/mol. The summed E-state index contributed by atoms with van der Waals surface area (Å²) in [6, 6.07) is 5.51. The van der Waals surface area contributed by atoms with Gasteiger partial charge in [-0.05, 0) is 36.2 Å². The maximum atomic E-state index is 13.8. The molecule has 1 aromatic carbocycles. The highest BCUT2D eigenvalue weighted by Gasteiger charge is 2.43. The van der Waals surface area contributed by atoms with Gasteiger partial charge in [0.1, 0.15) is 0 Å². The van der Waals surface area contributed by atoms with Crippen LogP contribution in [-0.2, 0) is 6.42 Å². The number of nitrogens with zero attached hydrogens (tertiary/aromatic N) is 2. The Morgan fingerprint density at radius 3 is 2.23 bits per heavy atom. The number of fused-ring (bicyclic) bond motifs is 2. The Bertz CT molecular complexity index is 780. The van der Waals surface area contributed by atoms with Crippen molar-refractivity contribution in [3.8, 4) is 11.5 Å². The molecule has 3 heterocycles. The van der Waals surface area contributed by atoms with Crippen molar-refractivity contribution in [2.75, 3.05) is 19.6 Å². The number of rotatable bonds is 3. The molecule has 0 aliphatic carbocycles. The van der Waals surface area contributed by atoms with Crippen molar-refractivity contribution in [1.82, 2.24) is 15.2 Å². The second-order valence-electron chi connectivity index (χ2n) is 6.24. The number of likely N-dealkylation sites (tertiary alicyclic amines) is 1. The number of nitrogens with one attached hydrogen (secondary N) is 1. The predicted octanol–water partition coefficient (Wildman–Crippen LogP) is 2.14. The Labute approximate surface area is 148 Å². The van der Waals surface area contributed by atoms with Crippen LogP contribution in [0, 0.1) is 11.6 Å². The van der Waals surface area contributed by atoms with E-state index in [1.807, 2.05) is 12.1 Å². The molecule has 136 valence electrons. The number of hydrogen-bond acceptors (Lipinski definition) is 4. The molecule has 2 atom stereocenters. The number of aromatic nitrogens is 1. The van der Waals surface area contributed by atoms with Gasteiger partial charge in [-0.25, -0.2) is 13.6 Å². The van der Waals surface area contributed by atoms with Crippen molar-refractivity contribution in [1.29, 1.82) is 0 Å². The molecule has 1 fully saturated rings. The third kappa shape index (κ3) is 3.14. The highest BCUT2D eigenvalue weighted by atomic mass is 19.1. The van der Waals surface area contributed by atoms with E-state index in [0.717, 1.165) is 17.7 Å². The van der Waals surface area contributed by atoms with Crippen LogP contribution in [-0.4, -0.2) is 47.8 Å². The second kappa shape index (κ2) is 6.78. The summed E-state index contributed by atoms with van der Waals surface area (Å²) in [4.78, 5) is 17.8. The molecular formula is C18H17F2N3O3. The summed E-state index contributed by atoms with van der Waals surface area (Å²) in [5.74, 6) is -1.82. The van der Waals surface area contributed by atoms with E-state index in [-0.39, 0.29) is 30.6 Å². The van der Waals surface area contributed by atoms with E-state index in [4.69, 9.17) is 9.47 Å². The van der Waals surface area contributed by atoms with Crippen LogP contribution in [0.3, 0.4) is 0 Å². The summed E-state index contributed by atoms with van der Waals surface area (Å²) in [5.41, 5.74) is 1.07. The first-order valence-corrected chi connectivity index (χ1v) is 8.35. The maximum Gasteiger partial charge on any atom is 0.317 e. The largest absolute Gasteiger partial charge is 0.478 e. The quantitative estimate of drug-likeness (QED) is 0.910. The lowest BCUT2D eigenvalue weighted by atomic mass is 10.2. The van der Waals surface area contributed by atoms with Gasteiger partial charge in [0.15, 0.2) is 23.8 Å². The summed E-state index contributed by atoms with van der Waals surface area (Å²) in [7, 11) is 0. The average molecular weight is 361 g/mol. The van der Waals surface area contributed by atoms with Gasteiger partial charge < -0.3 is 19.7 Å². The molecule has 0 bridgehead atoms. The van der Waals surface area contributed by atoms with E-state index < -0.39 is 23.8 Å². The third-order valence-corrected chi connectivity index (χ3v) is 4.50. The van der Waals surface area contributed by atoms with Gasteiger partial charge in [0, 0.05) is 18.9 Å². The Kier molecular flexibility index (Phi) is 4.32. The third-order valence-electron chi connectivity index (χ3n) is 4.50. The van der Waals surface area contributed by atoms with Gasteiger partial charge in [-0.1, -0.05) is 0 Å². The molecule has 0 radical (unpaired) electrons. The van der Waals surface area contributed by atoms with Gasteiger partial charge in [0.2, 0.25) is 11.5 Å². The first-order chi connectivity index (χ1) is 12.6. The topological polar surface area (TPSA) is 63.7 Å². The van der Waals surface area contributed by atoms with Crippen molar-refractivity contribution in [3.05, 3.63) is 53.9 Å². The number of hydrogen-bond donors (Lipinski definition) is 1. The van der Waals surface area contributed by atoms with E-state index in [1.165, 1.54) is 4.90 Å². The zero-order valence-electron chi connectivity index (χ0n) is 13.8. The Morgan fingerprint density at radius 2 is 1.65 bits per heavy atom. The lowest BCUT2D eigenvalue weighted by molar-refractivity contribution is 0.0467. The fourth-order valence-corrected chi connectivity index (χ4v) is 3.15. The van der Waals surface area contributed by atoms with E-state index in [1.54, 1.807) is 12.4 Å². The minimum atomic E-state index is -0.680. The fourth-order valence-electron chi connectivity index (χ4n) is 3.15. The highest BCUT2D eigenvalue weighted by molar-refractivity contribution is 5.74.